The summed E-state index contributed by atoms with van der Waals surface area (Å²) in [5.41, 5.74) is 1.08. The van der Waals surface area contributed by atoms with Crippen LogP contribution in [0.25, 0.3) is 5.69 Å². The molecule has 1 saturated heterocycles. The molecule has 0 aliphatic carbocycles. The Morgan fingerprint density at radius 1 is 1.12 bits per heavy atom. The summed E-state index contributed by atoms with van der Waals surface area (Å²) in [7, 11) is 0. The van der Waals surface area contributed by atoms with Crippen LogP contribution in [-0.4, -0.2) is 73.6 Å². The summed E-state index contributed by atoms with van der Waals surface area (Å²) in [6.45, 7) is 5.42. The van der Waals surface area contributed by atoms with Crippen molar-refractivity contribution in [3.8, 4) is 11.4 Å². The van der Waals surface area contributed by atoms with Crippen molar-refractivity contribution in [2.75, 3.05) is 32.8 Å². The molecule has 0 atom stereocenters. The Labute approximate surface area is 184 Å². The van der Waals surface area contributed by atoms with E-state index >= 15 is 0 Å². The van der Waals surface area contributed by atoms with E-state index in [2.05, 4.69) is 20.4 Å². The maximum absolute atomic E-state index is 12.7. The van der Waals surface area contributed by atoms with Crippen LogP contribution < -0.4 is 4.74 Å². The van der Waals surface area contributed by atoms with Crippen molar-refractivity contribution in [3.63, 3.8) is 0 Å². The van der Waals surface area contributed by atoms with Crippen LogP contribution in [0.1, 0.15) is 23.1 Å². The number of rotatable bonds is 7. The molecule has 11 heteroatoms. The highest BCUT2D eigenvalue weighted by atomic mass is 16.6. The van der Waals surface area contributed by atoms with Crippen LogP contribution in [-0.2, 0) is 6.54 Å². The zero-order valence-electron chi connectivity index (χ0n) is 17.6. The predicted octanol–water partition coefficient (Wildman–Crippen LogP) is 1.93. The number of amides is 1. The number of nitrogens with zero attached hydrogens (tertiary/aromatic N) is 7. The van der Waals surface area contributed by atoms with Gasteiger partial charge in [0.15, 0.2) is 5.82 Å². The quantitative estimate of drug-likeness (QED) is 0.406. The lowest BCUT2D eigenvalue weighted by Crippen LogP contribution is -2.48. The van der Waals surface area contributed by atoms with Gasteiger partial charge in [-0.05, 0) is 47.7 Å². The van der Waals surface area contributed by atoms with Crippen LogP contribution in [0.3, 0.4) is 0 Å². The highest BCUT2D eigenvalue weighted by Crippen LogP contribution is 2.18. The van der Waals surface area contributed by atoms with Crippen LogP contribution in [0.5, 0.6) is 5.75 Å². The van der Waals surface area contributed by atoms with Gasteiger partial charge in [-0.1, -0.05) is 6.07 Å². The van der Waals surface area contributed by atoms with E-state index in [1.165, 1.54) is 18.2 Å². The standard InChI is InChI=1S/C21H23N7O4/c1-2-32-19-8-6-17(7-9-19)27-20(22-23-24-27)15-25-10-12-26(13-11-25)21(29)16-4-3-5-18(14-16)28(30)31/h3-9,14H,2,10-13,15H2,1H3. The molecule has 1 amide bonds. The third kappa shape index (κ3) is 4.72. The summed E-state index contributed by atoms with van der Waals surface area (Å²) < 4.78 is 7.17. The number of hydrogen-bond acceptors (Lipinski definition) is 8. The van der Waals surface area contributed by atoms with Gasteiger partial charge in [-0.2, -0.15) is 4.68 Å². The van der Waals surface area contributed by atoms with Gasteiger partial charge in [0.25, 0.3) is 11.6 Å². The molecule has 2 heterocycles. The molecule has 0 radical (unpaired) electrons. The molecule has 2 aromatic carbocycles. The van der Waals surface area contributed by atoms with Gasteiger partial charge in [0.05, 0.1) is 23.8 Å². The van der Waals surface area contributed by atoms with Gasteiger partial charge in [-0.3, -0.25) is 19.8 Å². The SMILES string of the molecule is CCOc1ccc(-n2nnnc2CN2CCN(C(=O)c3cccc([N+](=O)[O-])c3)CC2)cc1. The molecule has 0 saturated carbocycles. The van der Waals surface area contributed by atoms with E-state index in [1.54, 1.807) is 15.6 Å². The lowest BCUT2D eigenvalue weighted by atomic mass is 10.1. The van der Waals surface area contributed by atoms with Crippen molar-refractivity contribution in [1.82, 2.24) is 30.0 Å². The minimum absolute atomic E-state index is 0.0874. The molecular formula is C21H23N7O4. The minimum Gasteiger partial charge on any atom is -0.494 e. The van der Waals surface area contributed by atoms with E-state index in [0.29, 0.717) is 50.7 Å². The van der Waals surface area contributed by atoms with E-state index in [0.717, 1.165) is 11.4 Å². The zero-order valence-corrected chi connectivity index (χ0v) is 17.6. The molecular weight excluding hydrogens is 414 g/mol. The molecule has 1 aliphatic heterocycles. The Bertz CT molecular complexity index is 1090. The zero-order chi connectivity index (χ0) is 22.5. The predicted molar refractivity (Wildman–Crippen MR) is 115 cm³/mol. The molecule has 11 nitrogen and oxygen atoms in total. The molecule has 32 heavy (non-hydrogen) atoms. The average molecular weight is 437 g/mol. The lowest BCUT2D eigenvalue weighted by molar-refractivity contribution is -0.384. The molecule has 166 valence electrons. The number of nitro groups is 1. The first-order valence-electron chi connectivity index (χ1n) is 10.3. The molecule has 1 fully saturated rings. The number of hydrogen-bond donors (Lipinski definition) is 0. The van der Waals surface area contributed by atoms with E-state index in [1.807, 2.05) is 31.2 Å². The number of benzene rings is 2. The Morgan fingerprint density at radius 3 is 2.56 bits per heavy atom. The van der Waals surface area contributed by atoms with Crippen molar-refractivity contribution in [1.29, 1.82) is 0 Å². The molecule has 0 unspecified atom stereocenters. The largest absolute Gasteiger partial charge is 0.494 e. The van der Waals surface area contributed by atoms with Crippen molar-refractivity contribution in [3.05, 3.63) is 70.0 Å². The van der Waals surface area contributed by atoms with Crippen LogP contribution >= 0.6 is 0 Å². The van der Waals surface area contributed by atoms with E-state index in [9.17, 15) is 14.9 Å². The molecule has 1 aromatic heterocycles. The van der Waals surface area contributed by atoms with Gasteiger partial charge in [0, 0.05) is 43.9 Å². The fraction of sp³-hybridized carbons (Fsp3) is 0.333. The van der Waals surface area contributed by atoms with Crippen molar-refractivity contribution in [2.24, 2.45) is 0 Å². The maximum Gasteiger partial charge on any atom is 0.270 e. The fourth-order valence-corrected chi connectivity index (χ4v) is 3.60. The molecule has 0 spiro atoms. The van der Waals surface area contributed by atoms with Gasteiger partial charge < -0.3 is 9.64 Å². The summed E-state index contributed by atoms with van der Waals surface area (Å²) in [6.07, 6.45) is 0. The highest BCUT2D eigenvalue weighted by molar-refractivity contribution is 5.94. The number of nitro benzene ring substituents is 1. The Kier molecular flexibility index (Phi) is 6.36. The van der Waals surface area contributed by atoms with Crippen LogP contribution in [0.2, 0.25) is 0 Å². The van der Waals surface area contributed by atoms with Crippen LogP contribution in [0.4, 0.5) is 5.69 Å². The number of non-ortho nitro benzene ring substituents is 1. The highest BCUT2D eigenvalue weighted by Gasteiger charge is 2.24. The second kappa shape index (κ2) is 9.52. The number of carbonyl (C=O) groups is 1. The minimum atomic E-state index is -0.497. The molecule has 1 aliphatic rings. The molecule has 0 bridgehead atoms. The average Bonchev–Trinajstić information content (AvgIpc) is 3.28. The number of ether oxygens (including phenoxy) is 1. The van der Waals surface area contributed by atoms with E-state index < -0.39 is 4.92 Å². The Balaban J connectivity index is 1.37. The topological polar surface area (TPSA) is 120 Å². The molecule has 3 aromatic rings. The smallest absolute Gasteiger partial charge is 0.270 e. The first kappa shape index (κ1) is 21.4. The van der Waals surface area contributed by atoms with Crippen molar-refractivity contribution in [2.45, 2.75) is 13.5 Å². The van der Waals surface area contributed by atoms with Gasteiger partial charge in [0.2, 0.25) is 0 Å². The second-order valence-corrected chi connectivity index (χ2v) is 7.31. The Morgan fingerprint density at radius 2 is 1.88 bits per heavy atom. The van der Waals surface area contributed by atoms with Gasteiger partial charge in [-0.15, -0.1) is 5.10 Å². The summed E-state index contributed by atoms with van der Waals surface area (Å²) in [4.78, 5) is 27.1. The van der Waals surface area contributed by atoms with E-state index in [-0.39, 0.29) is 11.6 Å². The fourth-order valence-electron chi connectivity index (χ4n) is 3.60. The maximum atomic E-state index is 12.7. The first-order valence-corrected chi connectivity index (χ1v) is 10.3. The van der Waals surface area contributed by atoms with Crippen molar-refractivity contribution >= 4 is 11.6 Å². The number of carbonyl (C=O) groups excluding carboxylic acids is 1. The summed E-state index contributed by atoms with van der Waals surface area (Å²) in [5.74, 6) is 1.29. The third-order valence-electron chi connectivity index (χ3n) is 5.25. The summed E-state index contributed by atoms with van der Waals surface area (Å²) in [6, 6.07) is 13.4. The lowest BCUT2D eigenvalue weighted by Gasteiger charge is -2.34. The third-order valence-corrected chi connectivity index (χ3v) is 5.25. The van der Waals surface area contributed by atoms with E-state index in [4.69, 9.17) is 4.74 Å². The van der Waals surface area contributed by atoms with Crippen LogP contribution in [0.15, 0.2) is 48.5 Å². The summed E-state index contributed by atoms with van der Waals surface area (Å²) >= 11 is 0. The van der Waals surface area contributed by atoms with Gasteiger partial charge in [-0.25, -0.2) is 0 Å². The normalized spacial score (nSPS) is 14.3. The second-order valence-electron chi connectivity index (χ2n) is 7.31. The van der Waals surface area contributed by atoms with Crippen LogP contribution in [0, 0.1) is 10.1 Å². The molecule has 4 rings (SSSR count). The number of aromatic nitrogens is 4. The number of piperazine rings is 1. The summed E-state index contributed by atoms with van der Waals surface area (Å²) in [5, 5.41) is 23.0. The van der Waals surface area contributed by atoms with Gasteiger partial charge >= 0.3 is 0 Å². The molecule has 0 N–H and O–H groups in total. The van der Waals surface area contributed by atoms with Gasteiger partial charge in [0.1, 0.15) is 5.75 Å². The monoisotopic (exact) mass is 437 g/mol. The van der Waals surface area contributed by atoms with Crippen molar-refractivity contribution < 1.29 is 14.5 Å². The first-order chi connectivity index (χ1) is 15.5. The Hall–Kier alpha value is -3.86. The number of tetrazole rings is 1.